The van der Waals surface area contributed by atoms with Gasteiger partial charge < -0.3 is 30.1 Å². The van der Waals surface area contributed by atoms with E-state index < -0.39 is 13.9 Å². The summed E-state index contributed by atoms with van der Waals surface area (Å²) in [6.45, 7) is 6.16. The Morgan fingerprint density at radius 2 is 1.88 bits per heavy atom. The normalized spacial score (nSPS) is 14.2. The van der Waals surface area contributed by atoms with Gasteiger partial charge in [0.25, 0.3) is 5.56 Å². The first-order chi connectivity index (χ1) is 11.8. The van der Waals surface area contributed by atoms with Crippen LogP contribution in [0.5, 0.6) is 0 Å². The van der Waals surface area contributed by atoms with Gasteiger partial charge in [-0.15, -0.1) is 0 Å². The molecule has 4 N–H and O–H groups in total. The summed E-state index contributed by atoms with van der Waals surface area (Å²) >= 11 is 0. The average Bonchev–Trinajstić information content (AvgIpc) is 2.85. The van der Waals surface area contributed by atoms with Crippen LogP contribution in [0.4, 0.5) is 17.5 Å². The summed E-state index contributed by atoms with van der Waals surface area (Å²) in [4.78, 5) is 38.6. The predicted octanol–water partition coefficient (Wildman–Crippen LogP) is 0.381. The minimum absolute atomic E-state index is 0.115. The number of nitrogens with two attached hydrogens (primary N) is 1. The number of fused-ring (bicyclic) bond motifs is 1. The number of nitrogens with zero attached hydrogens (tertiary/aromatic N) is 4. The lowest BCUT2D eigenvalue weighted by molar-refractivity contribution is 0.163. The van der Waals surface area contributed by atoms with E-state index in [1.54, 1.807) is 0 Å². The molecule has 25 heavy (non-hydrogen) atoms. The number of nitrogen functional groups attached to an aromatic ring is 1. The number of aromatic nitrogens is 2. The monoisotopic (exact) mass is 375 g/mol. The summed E-state index contributed by atoms with van der Waals surface area (Å²) in [5, 5.41) is 0. The van der Waals surface area contributed by atoms with Gasteiger partial charge in [0, 0.05) is 19.6 Å². The minimum atomic E-state index is -4.19. The van der Waals surface area contributed by atoms with Gasteiger partial charge in [-0.3, -0.25) is 13.9 Å². The molecule has 1 aromatic heterocycles. The maximum atomic E-state index is 12.8. The Morgan fingerprint density at radius 3 is 2.48 bits per heavy atom. The summed E-state index contributed by atoms with van der Waals surface area (Å²) in [7, 11) is -4.19. The second-order valence-electron chi connectivity index (χ2n) is 5.97. The molecule has 1 aliphatic heterocycles. The molecule has 0 amide bonds. The quantitative estimate of drug-likeness (QED) is 0.413. The smallest absolute Gasteiger partial charge is 0.350 e. The van der Waals surface area contributed by atoms with E-state index in [2.05, 4.69) is 4.98 Å². The Hall–Kier alpha value is -1.61. The molecule has 0 aliphatic carbocycles. The Kier molecular flexibility index (Phi) is 6.45. The zero-order valence-corrected chi connectivity index (χ0v) is 15.5. The van der Waals surface area contributed by atoms with Crippen LogP contribution in [0.15, 0.2) is 4.79 Å². The lowest BCUT2D eigenvalue weighted by Gasteiger charge is -2.20. The highest BCUT2D eigenvalue weighted by Gasteiger charge is 2.31. The molecule has 0 fully saturated rings. The fraction of sp³-hybridized carbons (Fsp3) is 0.714. The van der Waals surface area contributed by atoms with Crippen LogP contribution < -0.4 is 21.1 Å². The van der Waals surface area contributed by atoms with Crippen molar-refractivity contribution in [3.05, 3.63) is 10.4 Å². The average molecular weight is 375 g/mol. The van der Waals surface area contributed by atoms with Crippen molar-refractivity contribution in [2.24, 2.45) is 0 Å². The van der Waals surface area contributed by atoms with Crippen LogP contribution in [-0.4, -0.2) is 52.1 Å². The van der Waals surface area contributed by atoms with Crippen molar-refractivity contribution in [2.45, 2.75) is 33.2 Å². The maximum absolute atomic E-state index is 12.8. The lowest BCUT2D eigenvalue weighted by atomic mass is 10.3. The van der Waals surface area contributed by atoms with E-state index in [4.69, 9.17) is 20.3 Å². The number of ether oxygens (including phenoxy) is 1. The predicted molar refractivity (Wildman–Crippen MR) is 95.9 cm³/mol. The summed E-state index contributed by atoms with van der Waals surface area (Å²) in [5.41, 5.74) is 6.32. The number of anilines is 3. The fourth-order valence-corrected chi connectivity index (χ4v) is 3.18. The highest BCUT2D eigenvalue weighted by molar-refractivity contribution is 7.51. The molecule has 0 saturated carbocycles. The van der Waals surface area contributed by atoms with E-state index in [1.165, 1.54) is 4.57 Å². The van der Waals surface area contributed by atoms with E-state index >= 15 is 0 Å². The number of hydrogen-bond acceptors (Lipinski definition) is 7. The Labute approximate surface area is 146 Å². The molecule has 2 rings (SSSR count). The van der Waals surface area contributed by atoms with Gasteiger partial charge in [0.1, 0.15) is 12.0 Å². The van der Waals surface area contributed by atoms with Crippen molar-refractivity contribution < 1.29 is 19.1 Å². The van der Waals surface area contributed by atoms with Gasteiger partial charge >= 0.3 is 7.60 Å². The first-order valence-corrected chi connectivity index (χ1v) is 10.1. The molecule has 1 aromatic rings. The van der Waals surface area contributed by atoms with Crippen LogP contribution in [0.25, 0.3) is 0 Å². The third-order valence-electron chi connectivity index (χ3n) is 3.82. The molecule has 1 aliphatic rings. The standard InChI is InChI=1S/C14H26N5O5P/c1-3-5-17-9-18(7-8-24-10-25(21,22)23)12-11(17)13(20)19(6-4-2)14(15)16-12/h3-10H2,1-2H3,(H2,15,16)(H2,21,22,23). The summed E-state index contributed by atoms with van der Waals surface area (Å²) in [5.74, 6) is 0.674. The Balaban J connectivity index is 2.22. The van der Waals surface area contributed by atoms with Crippen molar-refractivity contribution in [1.29, 1.82) is 0 Å². The molecule has 10 nitrogen and oxygen atoms in total. The zero-order chi connectivity index (χ0) is 18.6. The molecule has 0 unspecified atom stereocenters. The molecule has 0 saturated heterocycles. The highest BCUT2D eigenvalue weighted by Crippen LogP contribution is 2.34. The van der Waals surface area contributed by atoms with E-state index in [9.17, 15) is 9.36 Å². The second kappa shape index (κ2) is 8.18. The van der Waals surface area contributed by atoms with Crippen molar-refractivity contribution in [3.8, 4) is 0 Å². The van der Waals surface area contributed by atoms with Crippen LogP contribution in [0.3, 0.4) is 0 Å². The number of rotatable bonds is 9. The van der Waals surface area contributed by atoms with Crippen molar-refractivity contribution in [1.82, 2.24) is 9.55 Å². The Morgan fingerprint density at radius 1 is 1.20 bits per heavy atom. The first kappa shape index (κ1) is 19.7. The molecule has 142 valence electrons. The molecule has 0 spiro atoms. The van der Waals surface area contributed by atoms with Crippen LogP contribution in [-0.2, 0) is 15.8 Å². The van der Waals surface area contributed by atoms with Gasteiger partial charge in [0.05, 0.1) is 13.3 Å². The van der Waals surface area contributed by atoms with E-state index in [0.717, 1.165) is 12.8 Å². The molecule has 0 aromatic carbocycles. The van der Waals surface area contributed by atoms with Gasteiger partial charge in [-0.05, 0) is 12.8 Å². The van der Waals surface area contributed by atoms with Gasteiger partial charge in [-0.1, -0.05) is 13.8 Å². The van der Waals surface area contributed by atoms with Gasteiger partial charge in [-0.25, -0.2) is 0 Å². The molecular formula is C14H26N5O5P. The van der Waals surface area contributed by atoms with Crippen LogP contribution in [0, 0.1) is 0 Å². The van der Waals surface area contributed by atoms with Crippen LogP contribution in [0.1, 0.15) is 26.7 Å². The first-order valence-electron chi connectivity index (χ1n) is 8.31. The van der Waals surface area contributed by atoms with Gasteiger partial charge in [0.2, 0.25) is 5.95 Å². The summed E-state index contributed by atoms with van der Waals surface area (Å²) < 4.78 is 17.3. The molecule has 0 atom stereocenters. The van der Waals surface area contributed by atoms with E-state index in [0.29, 0.717) is 37.8 Å². The van der Waals surface area contributed by atoms with Crippen LogP contribution >= 0.6 is 7.60 Å². The Bertz CT molecular complexity index is 704. The van der Waals surface area contributed by atoms with E-state index in [-0.39, 0.29) is 18.1 Å². The third kappa shape index (κ3) is 4.72. The fourth-order valence-electron chi connectivity index (χ4n) is 2.82. The molecular weight excluding hydrogens is 349 g/mol. The van der Waals surface area contributed by atoms with Crippen molar-refractivity contribution >= 4 is 25.0 Å². The maximum Gasteiger partial charge on any atom is 0.350 e. The topological polar surface area (TPSA) is 134 Å². The van der Waals surface area contributed by atoms with Gasteiger partial charge in [-0.2, -0.15) is 4.98 Å². The van der Waals surface area contributed by atoms with Gasteiger partial charge in [0.15, 0.2) is 5.82 Å². The summed E-state index contributed by atoms with van der Waals surface area (Å²) in [6.07, 6.45) is 1.03. The number of hydrogen-bond donors (Lipinski definition) is 3. The highest BCUT2D eigenvalue weighted by atomic mass is 31.2. The van der Waals surface area contributed by atoms with E-state index in [1.807, 2.05) is 23.6 Å². The molecule has 0 bridgehead atoms. The molecule has 11 heteroatoms. The SMILES string of the molecule is CCCN1CN(CCOCP(=O)(O)O)c2nc(N)n(CCC)c(=O)c21. The molecule has 2 heterocycles. The minimum Gasteiger partial charge on any atom is -0.369 e. The largest absolute Gasteiger partial charge is 0.369 e. The lowest BCUT2D eigenvalue weighted by Crippen LogP contribution is -2.35. The third-order valence-corrected chi connectivity index (χ3v) is 4.34. The molecule has 0 radical (unpaired) electrons. The van der Waals surface area contributed by atoms with Crippen molar-refractivity contribution in [2.75, 3.05) is 48.2 Å². The van der Waals surface area contributed by atoms with Crippen LogP contribution in [0.2, 0.25) is 0 Å². The van der Waals surface area contributed by atoms with Crippen molar-refractivity contribution in [3.63, 3.8) is 0 Å². The zero-order valence-electron chi connectivity index (χ0n) is 14.6. The second-order valence-corrected chi connectivity index (χ2v) is 7.56. The summed E-state index contributed by atoms with van der Waals surface area (Å²) in [6, 6.07) is 0.